The number of hydrogen-bond acceptors (Lipinski definition) is 5. The second kappa shape index (κ2) is 11.2. The van der Waals surface area contributed by atoms with E-state index in [0.29, 0.717) is 19.0 Å². The van der Waals surface area contributed by atoms with Gasteiger partial charge in [-0.2, -0.15) is 0 Å². The summed E-state index contributed by atoms with van der Waals surface area (Å²) in [6.07, 6.45) is 4.55. The molecule has 6 nitrogen and oxygen atoms in total. The summed E-state index contributed by atoms with van der Waals surface area (Å²) >= 11 is 1.73. The van der Waals surface area contributed by atoms with E-state index in [1.807, 2.05) is 25.3 Å². The van der Waals surface area contributed by atoms with Gasteiger partial charge in [-0.05, 0) is 25.5 Å². The molecule has 8 heteroatoms. The highest BCUT2D eigenvalue weighted by molar-refractivity contribution is 14.0. The molecule has 2 aromatic rings. The summed E-state index contributed by atoms with van der Waals surface area (Å²) in [4.78, 5) is 14.0. The molecule has 24 heavy (non-hydrogen) atoms. The van der Waals surface area contributed by atoms with Crippen molar-refractivity contribution >= 4 is 41.3 Å². The zero-order valence-electron chi connectivity index (χ0n) is 14.2. The Hall–Kier alpha value is -1.42. The average Bonchev–Trinajstić information content (AvgIpc) is 2.97. The van der Waals surface area contributed by atoms with Gasteiger partial charge in [-0.3, -0.25) is 4.99 Å². The van der Waals surface area contributed by atoms with E-state index in [1.54, 1.807) is 24.6 Å². The maximum Gasteiger partial charge on any atom is 0.213 e. The number of aromatic nitrogens is 2. The normalized spacial score (nSPS) is 10.9. The van der Waals surface area contributed by atoms with Crippen LogP contribution in [0.25, 0.3) is 0 Å². The summed E-state index contributed by atoms with van der Waals surface area (Å²) in [6, 6.07) is 3.89. The zero-order valence-corrected chi connectivity index (χ0v) is 17.4. The molecule has 2 N–H and O–H groups in total. The van der Waals surface area contributed by atoms with Crippen molar-refractivity contribution in [2.45, 2.75) is 26.8 Å². The summed E-state index contributed by atoms with van der Waals surface area (Å²) in [5.74, 6) is 1.42. The Balaban J connectivity index is 0.00000288. The van der Waals surface area contributed by atoms with Gasteiger partial charge in [-0.1, -0.05) is 0 Å². The molecule has 0 fully saturated rings. The maximum atomic E-state index is 5.40. The fourth-order valence-electron chi connectivity index (χ4n) is 2.00. The molecule has 0 aliphatic carbocycles. The molecule has 0 bridgehead atoms. The highest BCUT2D eigenvalue weighted by Gasteiger charge is 2.02. The minimum Gasteiger partial charge on any atom is -0.478 e. The topological polar surface area (TPSA) is 71.4 Å². The van der Waals surface area contributed by atoms with E-state index in [0.717, 1.165) is 29.5 Å². The summed E-state index contributed by atoms with van der Waals surface area (Å²) < 4.78 is 5.40. The largest absolute Gasteiger partial charge is 0.478 e. The third-order valence-electron chi connectivity index (χ3n) is 3.08. The number of nitrogens with zero attached hydrogens (tertiary/aromatic N) is 3. The molecule has 0 aromatic carbocycles. The first-order chi connectivity index (χ1) is 11.2. The standard InChI is InChI=1S/C16H23N5OS.HI/c1-4-22-14-9-13(5-7-18-14)11-21-16(17-3)19-8-6-15-20-10-12(2)23-15;/h5,7,9-10H,4,6,8,11H2,1-3H3,(H2,17,19,21);1H. The van der Waals surface area contributed by atoms with Gasteiger partial charge >= 0.3 is 0 Å². The number of aryl methyl sites for hydroxylation is 1. The Morgan fingerprint density at radius 1 is 1.33 bits per heavy atom. The van der Waals surface area contributed by atoms with Crippen LogP contribution in [0.5, 0.6) is 5.88 Å². The quantitative estimate of drug-likeness (QED) is 0.377. The number of thiazole rings is 1. The van der Waals surface area contributed by atoms with E-state index < -0.39 is 0 Å². The van der Waals surface area contributed by atoms with Crippen LogP contribution in [0.2, 0.25) is 0 Å². The Kier molecular flexibility index (Phi) is 9.62. The molecule has 2 heterocycles. The van der Waals surface area contributed by atoms with Crippen LogP contribution in [0.4, 0.5) is 0 Å². The van der Waals surface area contributed by atoms with Gasteiger partial charge in [0.05, 0.1) is 11.6 Å². The third kappa shape index (κ3) is 7.00. The van der Waals surface area contributed by atoms with E-state index in [4.69, 9.17) is 4.74 Å². The van der Waals surface area contributed by atoms with Gasteiger partial charge < -0.3 is 15.4 Å². The van der Waals surface area contributed by atoms with Crippen LogP contribution in [0.1, 0.15) is 22.4 Å². The molecule has 0 saturated heterocycles. The first kappa shape index (κ1) is 20.6. The van der Waals surface area contributed by atoms with Gasteiger partial charge in [-0.25, -0.2) is 9.97 Å². The van der Waals surface area contributed by atoms with Crippen LogP contribution >= 0.6 is 35.3 Å². The smallest absolute Gasteiger partial charge is 0.213 e. The van der Waals surface area contributed by atoms with Crippen LogP contribution in [-0.4, -0.2) is 36.1 Å². The predicted molar refractivity (Wildman–Crippen MR) is 110 cm³/mol. The second-order valence-electron chi connectivity index (χ2n) is 4.90. The summed E-state index contributed by atoms with van der Waals surface area (Å²) in [6.45, 7) is 6.09. The lowest BCUT2D eigenvalue weighted by atomic mass is 10.2. The van der Waals surface area contributed by atoms with Crippen molar-refractivity contribution in [1.29, 1.82) is 0 Å². The molecule has 0 saturated carbocycles. The molecule has 0 atom stereocenters. The predicted octanol–water partition coefficient (Wildman–Crippen LogP) is 2.77. The van der Waals surface area contributed by atoms with Crippen molar-refractivity contribution in [2.24, 2.45) is 4.99 Å². The summed E-state index contributed by atoms with van der Waals surface area (Å²) in [5, 5.41) is 7.72. The van der Waals surface area contributed by atoms with Gasteiger partial charge in [0.2, 0.25) is 5.88 Å². The molecular formula is C16H24IN5OS. The molecular weight excluding hydrogens is 437 g/mol. The van der Waals surface area contributed by atoms with Gasteiger partial charge in [0, 0.05) is 49.9 Å². The third-order valence-corrected chi connectivity index (χ3v) is 4.05. The van der Waals surface area contributed by atoms with Crippen LogP contribution in [0.15, 0.2) is 29.5 Å². The van der Waals surface area contributed by atoms with Crippen molar-refractivity contribution in [1.82, 2.24) is 20.6 Å². The van der Waals surface area contributed by atoms with Gasteiger partial charge in [0.25, 0.3) is 0 Å². The zero-order chi connectivity index (χ0) is 16.5. The number of nitrogens with one attached hydrogen (secondary N) is 2. The van der Waals surface area contributed by atoms with Gasteiger partial charge in [-0.15, -0.1) is 35.3 Å². The molecule has 0 unspecified atom stereocenters. The van der Waals surface area contributed by atoms with E-state index in [-0.39, 0.29) is 24.0 Å². The number of hydrogen-bond donors (Lipinski definition) is 2. The number of ether oxygens (including phenoxy) is 1. The number of guanidine groups is 1. The van der Waals surface area contributed by atoms with E-state index in [2.05, 4.69) is 32.5 Å². The first-order valence-electron chi connectivity index (χ1n) is 7.64. The van der Waals surface area contributed by atoms with Crippen LogP contribution in [0.3, 0.4) is 0 Å². The van der Waals surface area contributed by atoms with Crippen molar-refractivity contribution in [3.63, 3.8) is 0 Å². The Morgan fingerprint density at radius 3 is 2.83 bits per heavy atom. The number of pyridine rings is 1. The van der Waals surface area contributed by atoms with E-state index >= 15 is 0 Å². The van der Waals surface area contributed by atoms with Crippen molar-refractivity contribution < 1.29 is 4.74 Å². The lowest BCUT2D eigenvalue weighted by Crippen LogP contribution is -2.37. The van der Waals surface area contributed by atoms with Crippen molar-refractivity contribution in [3.8, 4) is 5.88 Å². The van der Waals surface area contributed by atoms with Crippen molar-refractivity contribution in [2.75, 3.05) is 20.2 Å². The average molecular weight is 461 g/mol. The fourth-order valence-corrected chi connectivity index (χ4v) is 2.79. The highest BCUT2D eigenvalue weighted by atomic mass is 127. The van der Waals surface area contributed by atoms with E-state index in [9.17, 15) is 0 Å². The molecule has 0 radical (unpaired) electrons. The summed E-state index contributed by atoms with van der Waals surface area (Å²) in [7, 11) is 1.76. The second-order valence-corrected chi connectivity index (χ2v) is 6.22. The maximum absolute atomic E-state index is 5.40. The monoisotopic (exact) mass is 461 g/mol. The minimum atomic E-state index is 0. The number of halogens is 1. The fraction of sp³-hybridized carbons (Fsp3) is 0.438. The van der Waals surface area contributed by atoms with Gasteiger partial charge in [0.1, 0.15) is 0 Å². The first-order valence-corrected chi connectivity index (χ1v) is 8.46. The van der Waals surface area contributed by atoms with Crippen LogP contribution in [0, 0.1) is 6.92 Å². The van der Waals surface area contributed by atoms with E-state index in [1.165, 1.54) is 4.88 Å². The van der Waals surface area contributed by atoms with Gasteiger partial charge in [0.15, 0.2) is 5.96 Å². The van der Waals surface area contributed by atoms with Crippen LogP contribution in [-0.2, 0) is 13.0 Å². The minimum absolute atomic E-state index is 0. The number of aliphatic imine (C=N–C) groups is 1. The van der Waals surface area contributed by atoms with Crippen molar-refractivity contribution in [3.05, 3.63) is 40.0 Å². The summed E-state index contributed by atoms with van der Waals surface area (Å²) in [5.41, 5.74) is 1.10. The van der Waals surface area contributed by atoms with Crippen LogP contribution < -0.4 is 15.4 Å². The highest BCUT2D eigenvalue weighted by Crippen LogP contribution is 2.11. The molecule has 0 aliphatic heterocycles. The lowest BCUT2D eigenvalue weighted by molar-refractivity contribution is 0.326. The molecule has 2 aromatic heterocycles. The lowest BCUT2D eigenvalue weighted by Gasteiger charge is -2.12. The SMILES string of the molecule is CCOc1cc(CNC(=NC)NCCc2ncc(C)s2)ccn1.I. The molecule has 0 aliphatic rings. The molecule has 132 valence electrons. The molecule has 0 amide bonds. The molecule has 2 rings (SSSR count). The Bertz CT molecular complexity index is 647. The molecule has 0 spiro atoms. The Labute approximate surface area is 164 Å². The number of rotatable bonds is 7. The Morgan fingerprint density at radius 2 is 2.17 bits per heavy atom.